The van der Waals surface area contributed by atoms with Gasteiger partial charge in [-0.3, -0.25) is 0 Å². The van der Waals surface area contributed by atoms with Crippen molar-refractivity contribution < 1.29 is 0 Å². The van der Waals surface area contributed by atoms with Crippen LogP contribution in [0.1, 0.15) is 48.2 Å². The number of thiophene rings is 1. The van der Waals surface area contributed by atoms with E-state index in [1.165, 1.54) is 39.9 Å². The summed E-state index contributed by atoms with van der Waals surface area (Å²) in [4.78, 5) is 1.40. The summed E-state index contributed by atoms with van der Waals surface area (Å²) in [6.07, 6.45) is 9.89. The molecule has 0 aromatic carbocycles. The first-order chi connectivity index (χ1) is 9.76. The number of hydrogen-bond acceptors (Lipinski definition) is 2. The molecule has 0 bridgehead atoms. The Balaban J connectivity index is 1.82. The SMILES string of the molecule is CCNC1CCCCc2cn(Cc3ccc(Br)s3)cc21. The van der Waals surface area contributed by atoms with Gasteiger partial charge in [-0.15, -0.1) is 11.3 Å². The second kappa shape index (κ2) is 6.46. The standard InChI is InChI=1S/C16H21BrN2S/c1-2-18-15-6-4-3-5-12-9-19(11-14(12)15)10-13-7-8-16(17)20-13/h7-9,11,15,18H,2-6,10H2,1H3. The van der Waals surface area contributed by atoms with Crippen LogP contribution in [-0.4, -0.2) is 11.1 Å². The van der Waals surface area contributed by atoms with Crippen LogP contribution >= 0.6 is 27.3 Å². The molecule has 0 amide bonds. The molecule has 108 valence electrons. The number of hydrogen-bond donors (Lipinski definition) is 1. The summed E-state index contributed by atoms with van der Waals surface area (Å²) in [5.41, 5.74) is 3.07. The summed E-state index contributed by atoms with van der Waals surface area (Å²) < 4.78 is 3.57. The van der Waals surface area contributed by atoms with E-state index < -0.39 is 0 Å². The Morgan fingerprint density at radius 3 is 3.00 bits per heavy atom. The van der Waals surface area contributed by atoms with Crippen molar-refractivity contribution >= 4 is 27.3 Å². The predicted octanol–water partition coefficient (Wildman–Crippen LogP) is 4.74. The summed E-state index contributed by atoms with van der Waals surface area (Å²) in [6.45, 7) is 4.24. The summed E-state index contributed by atoms with van der Waals surface area (Å²) in [5.74, 6) is 0. The van der Waals surface area contributed by atoms with Gasteiger partial charge in [-0.25, -0.2) is 0 Å². The molecule has 1 aliphatic carbocycles. The van der Waals surface area contributed by atoms with Gasteiger partial charge in [0.2, 0.25) is 0 Å². The zero-order valence-corrected chi connectivity index (χ0v) is 14.3. The summed E-state index contributed by atoms with van der Waals surface area (Å²) in [7, 11) is 0. The maximum atomic E-state index is 3.64. The molecule has 0 saturated heterocycles. The second-order valence-electron chi connectivity index (χ2n) is 5.47. The summed E-state index contributed by atoms with van der Waals surface area (Å²) in [5, 5.41) is 3.64. The topological polar surface area (TPSA) is 17.0 Å². The van der Waals surface area contributed by atoms with Gasteiger partial charge in [0.05, 0.1) is 10.3 Å². The van der Waals surface area contributed by atoms with Crippen molar-refractivity contribution in [3.63, 3.8) is 0 Å². The van der Waals surface area contributed by atoms with Crippen molar-refractivity contribution in [2.24, 2.45) is 0 Å². The van der Waals surface area contributed by atoms with Gasteiger partial charge in [0.1, 0.15) is 0 Å². The van der Waals surface area contributed by atoms with Gasteiger partial charge in [0.15, 0.2) is 0 Å². The Morgan fingerprint density at radius 1 is 1.35 bits per heavy atom. The molecule has 3 rings (SSSR count). The third-order valence-corrected chi connectivity index (χ3v) is 5.59. The minimum Gasteiger partial charge on any atom is -0.348 e. The Bertz CT molecular complexity index is 573. The number of rotatable bonds is 4. The van der Waals surface area contributed by atoms with Gasteiger partial charge in [0.25, 0.3) is 0 Å². The van der Waals surface area contributed by atoms with Crippen LogP contribution in [0.15, 0.2) is 28.3 Å². The van der Waals surface area contributed by atoms with Gasteiger partial charge < -0.3 is 9.88 Å². The van der Waals surface area contributed by atoms with Crippen LogP contribution in [0.4, 0.5) is 0 Å². The molecule has 1 N–H and O–H groups in total. The lowest BCUT2D eigenvalue weighted by atomic mass is 10.0. The fraction of sp³-hybridized carbons (Fsp3) is 0.500. The third kappa shape index (κ3) is 3.18. The zero-order valence-electron chi connectivity index (χ0n) is 11.9. The lowest BCUT2D eigenvalue weighted by Crippen LogP contribution is -2.20. The number of aromatic nitrogens is 1. The van der Waals surface area contributed by atoms with Crippen molar-refractivity contribution in [3.05, 3.63) is 44.3 Å². The maximum absolute atomic E-state index is 3.64. The maximum Gasteiger partial charge on any atom is 0.0702 e. The van der Waals surface area contributed by atoms with Crippen LogP contribution < -0.4 is 5.32 Å². The molecule has 2 aromatic rings. The molecule has 2 heterocycles. The van der Waals surface area contributed by atoms with Crippen LogP contribution in [0.3, 0.4) is 0 Å². The highest BCUT2D eigenvalue weighted by molar-refractivity contribution is 9.11. The average molecular weight is 353 g/mol. The first-order valence-corrected chi connectivity index (χ1v) is 9.03. The molecular weight excluding hydrogens is 332 g/mol. The summed E-state index contributed by atoms with van der Waals surface area (Å²) in [6, 6.07) is 4.89. The molecule has 2 nitrogen and oxygen atoms in total. The molecule has 0 saturated carbocycles. The van der Waals surface area contributed by atoms with E-state index in [1.807, 2.05) is 11.3 Å². The largest absolute Gasteiger partial charge is 0.348 e. The Morgan fingerprint density at radius 2 is 2.25 bits per heavy atom. The molecular formula is C16H21BrN2S. The Labute approximate surface area is 133 Å². The van der Waals surface area contributed by atoms with E-state index in [9.17, 15) is 0 Å². The predicted molar refractivity (Wildman–Crippen MR) is 89.5 cm³/mol. The fourth-order valence-corrected chi connectivity index (χ4v) is 4.57. The first kappa shape index (κ1) is 14.4. The smallest absolute Gasteiger partial charge is 0.0702 e. The van der Waals surface area contributed by atoms with Crippen LogP contribution in [-0.2, 0) is 13.0 Å². The molecule has 1 unspecified atom stereocenters. The molecule has 1 aliphatic rings. The van der Waals surface area contributed by atoms with E-state index in [0.717, 1.165) is 13.1 Å². The second-order valence-corrected chi connectivity index (χ2v) is 8.02. The van der Waals surface area contributed by atoms with Gasteiger partial charge in [0, 0.05) is 23.3 Å². The van der Waals surface area contributed by atoms with Gasteiger partial charge >= 0.3 is 0 Å². The van der Waals surface area contributed by atoms with Crippen LogP contribution in [0.5, 0.6) is 0 Å². The monoisotopic (exact) mass is 352 g/mol. The van der Waals surface area contributed by atoms with E-state index in [-0.39, 0.29) is 0 Å². The van der Waals surface area contributed by atoms with Crippen molar-refractivity contribution in [1.29, 1.82) is 0 Å². The Kier molecular flexibility index (Phi) is 4.64. The van der Waals surface area contributed by atoms with Crippen LogP contribution in [0.2, 0.25) is 0 Å². The highest BCUT2D eigenvalue weighted by atomic mass is 79.9. The molecule has 0 spiro atoms. The minimum absolute atomic E-state index is 0.550. The van der Waals surface area contributed by atoms with E-state index in [0.29, 0.717) is 6.04 Å². The number of nitrogens with zero attached hydrogens (tertiary/aromatic N) is 1. The van der Waals surface area contributed by atoms with Gasteiger partial charge in [-0.2, -0.15) is 0 Å². The fourth-order valence-electron chi connectivity index (χ4n) is 3.08. The van der Waals surface area contributed by atoms with E-state index >= 15 is 0 Å². The van der Waals surface area contributed by atoms with Crippen LogP contribution in [0, 0.1) is 0 Å². The molecule has 4 heteroatoms. The Hall–Kier alpha value is -0.580. The molecule has 1 atom stereocenters. The molecule has 0 fully saturated rings. The average Bonchev–Trinajstić information content (AvgIpc) is 2.96. The number of fused-ring (bicyclic) bond motifs is 1. The lowest BCUT2D eigenvalue weighted by Gasteiger charge is -2.15. The van der Waals surface area contributed by atoms with E-state index in [4.69, 9.17) is 0 Å². The first-order valence-electron chi connectivity index (χ1n) is 7.42. The van der Waals surface area contributed by atoms with Gasteiger partial charge in [-0.05, 0) is 65.0 Å². The molecule has 2 aromatic heterocycles. The molecule has 0 radical (unpaired) electrons. The highest BCUT2D eigenvalue weighted by Gasteiger charge is 2.19. The molecule has 0 aliphatic heterocycles. The van der Waals surface area contributed by atoms with Crippen LogP contribution in [0.25, 0.3) is 0 Å². The number of aryl methyl sites for hydroxylation is 1. The molecule has 20 heavy (non-hydrogen) atoms. The van der Waals surface area contributed by atoms with Crippen molar-refractivity contribution in [3.8, 4) is 0 Å². The minimum atomic E-state index is 0.550. The number of halogens is 1. The van der Waals surface area contributed by atoms with Crippen molar-refractivity contribution in [2.45, 2.75) is 45.2 Å². The normalized spacial score (nSPS) is 18.8. The highest BCUT2D eigenvalue weighted by Crippen LogP contribution is 2.30. The number of nitrogens with one attached hydrogen (secondary N) is 1. The lowest BCUT2D eigenvalue weighted by molar-refractivity contribution is 0.502. The zero-order chi connectivity index (χ0) is 13.9. The third-order valence-electron chi connectivity index (χ3n) is 3.98. The van der Waals surface area contributed by atoms with Gasteiger partial charge in [-0.1, -0.05) is 13.3 Å². The van der Waals surface area contributed by atoms with Crippen molar-refractivity contribution in [1.82, 2.24) is 9.88 Å². The summed E-state index contributed by atoms with van der Waals surface area (Å²) >= 11 is 5.37. The van der Waals surface area contributed by atoms with E-state index in [1.54, 1.807) is 5.56 Å². The quantitative estimate of drug-likeness (QED) is 0.786. The van der Waals surface area contributed by atoms with E-state index in [2.05, 4.69) is 57.3 Å². The van der Waals surface area contributed by atoms with Crippen molar-refractivity contribution in [2.75, 3.05) is 6.54 Å².